The minimum Gasteiger partial charge on any atom is -0.467 e. The summed E-state index contributed by atoms with van der Waals surface area (Å²) in [6.45, 7) is 1.90. The van der Waals surface area contributed by atoms with Crippen LogP contribution in [0, 0.1) is 0 Å². The first-order valence-corrected chi connectivity index (χ1v) is 4.61. The average molecular weight is 205 g/mol. The van der Waals surface area contributed by atoms with E-state index >= 15 is 0 Å². The quantitative estimate of drug-likeness (QED) is 0.797. The molecule has 0 saturated carbocycles. The molecule has 0 amide bonds. The topological polar surface area (TPSA) is 70.9 Å². The first-order chi connectivity index (χ1) is 7.27. The van der Waals surface area contributed by atoms with Crippen LogP contribution in [-0.4, -0.2) is 9.97 Å². The second kappa shape index (κ2) is 4.00. The third-order valence-corrected chi connectivity index (χ3v) is 2.03. The summed E-state index contributed by atoms with van der Waals surface area (Å²) < 4.78 is 5.20. The molecule has 0 spiro atoms. The minimum atomic E-state index is -0.240. The second-order valence-corrected chi connectivity index (χ2v) is 3.15. The zero-order valence-corrected chi connectivity index (χ0v) is 8.23. The molecule has 5 nitrogen and oxygen atoms in total. The van der Waals surface area contributed by atoms with Crippen LogP contribution in [0.5, 0.6) is 0 Å². The Morgan fingerprint density at radius 1 is 1.60 bits per heavy atom. The Kier molecular flexibility index (Phi) is 2.53. The van der Waals surface area contributed by atoms with Gasteiger partial charge in [-0.2, -0.15) is 0 Å². The van der Waals surface area contributed by atoms with Crippen molar-refractivity contribution in [2.75, 3.05) is 5.32 Å². The second-order valence-electron chi connectivity index (χ2n) is 3.15. The molecular weight excluding hydrogens is 194 g/mol. The summed E-state index contributed by atoms with van der Waals surface area (Å²) in [5, 5.41) is 2.96. The molecule has 0 radical (unpaired) electrons. The molecule has 0 aliphatic heterocycles. The lowest BCUT2D eigenvalue weighted by Gasteiger charge is -2.10. The fourth-order valence-corrected chi connectivity index (χ4v) is 1.27. The van der Waals surface area contributed by atoms with Gasteiger partial charge in [-0.1, -0.05) is 0 Å². The largest absolute Gasteiger partial charge is 0.467 e. The molecule has 78 valence electrons. The van der Waals surface area contributed by atoms with Crippen molar-refractivity contribution < 1.29 is 4.42 Å². The molecule has 1 atom stereocenters. The lowest BCUT2D eigenvalue weighted by molar-refractivity contribution is 0.490. The van der Waals surface area contributed by atoms with Crippen LogP contribution in [0.15, 0.2) is 40.0 Å². The Morgan fingerprint density at radius 2 is 2.47 bits per heavy atom. The van der Waals surface area contributed by atoms with Crippen molar-refractivity contribution in [1.82, 2.24) is 9.97 Å². The van der Waals surface area contributed by atoms with Crippen LogP contribution in [-0.2, 0) is 0 Å². The molecule has 15 heavy (non-hydrogen) atoms. The van der Waals surface area contributed by atoms with E-state index in [2.05, 4.69) is 15.3 Å². The molecule has 2 aromatic rings. The Labute approximate surface area is 86.2 Å². The zero-order chi connectivity index (χ0) is 10.7. The van der Waals surface area contributed by atoms with E-state index in [0.717, 1.165) is 5.76 Å². The van der Waals surface area contributed by atoms with E-state index in [1.54, 1.807) is 12.3 Å². The molecule has 0 aliphatic rings. The van der Waals surface area contributed by atoms with Crippen LogP contribution in [0.4, 0.5) is 5.82 Å². The van der Waals surface area contributed by atoms with E-state index in [0.29, 0.717) is 5.82 Å². The number of aromatic amines is 1. The third-order valence-electron chi connectivity index (χ3n) is 2.03. The third kappa shape index (κ3) is 2.07. The lowest BCUT2D eigenvalue weighted by atomic mass is 10.2. The van der Waals surface area contributed by atoms with Crippen LogP contribution >= 0.6 is 0 Å². The number of furan rings is 1. The van der Waals surface area contributed by atoms with Crippen molar-refractivity contribution in [3.8, 4) is 0 Å². The van der Waals surface area contributed by atoms with Gasteiger partial charge < -0.3 is 14.7 Å². The number of rotatable bonds is 3. The molecule has 2 N–H and O–H groups in total. The molecule has 1 unspecified atom stereocenters. The summed E-state index contributed by atoms with van der Waals surface area (Å²) in [4.78, 5) is 17.8. The van der Waals surface area contributed by atoms with Crippen molar-refractivity contribution in [2.45, 2.75) is 13.0 Å². The van der Waals surface area contributed by atoms with Crippen LogP contribution in [0.1, 0.15) is 18.7 Å². The van der Waals surface area contributed by atoms with E-state index < -0.39 is 0 Å². The van der Waals surface area contributed by atoms with Crippen molar-refractivity contribution in [3.63, 3.8) is 0 Å². The summed E-state index contributed by atoms with van der Waals surface area (Å²) in [5.74, 6) is 1.06. The summed E-state index contributed by atoms with van der Waals surface area (Å²) in [5.41, 5.74) is -0.240. The Hall–Kier alpha value is -2.04. The van der Waals surface area contributed by atoms with Crippen molar-refractivity contribution in [3.05, 3.63) is 46.9 Å². The Balaban J connectivity index is 2.16. The smallest absolute Gasteiger partial charge is 0.290 e. The first kappa shape index (κ1) is 9.51. The highest BCUT2D eigenvalue weighted by molar-refractivity contribution is 5.33. The van der Waals surface area contributed by atoms with Gasteiger partial charge in [0.2, 0.25) is 0 Å². The molecule has 0 bridgehead atoms. The number of aromatic nitrogens is 2. The van der Waals surface area contributed by atoms with Crippen LogP contribution in [0.3, 0.4) is 0 Å². The maximum Gasteiger partial charge on any atom is 0.290 e. The standard InChI is InChI=1S/C10H11N3O2/c1-7(8-3-2-6-15-8)13-9-10(14)12-5-4-11-9/h2-7H,1H3,(H,11,13)(H,12,14). The number of hydrogen-bond acceptors (Lipinski definition) is 4. The van der Waals surface area contributed by atoms with Crippen LogP contribution in [0.2, 0.25) is 0 Å². The van der Waals surface area contributed by atoms with Gasteiger partial charge in [0, 0.05) is 12.4 Å². The number of nitrogens with zero attached hydrogens (tertiary/aromatic N) is 1. The summed E-state index contributed by atoms with van der Waals surface area (Å²) in [6.07, 6.45) is 4.61. The molecule has 0 aliphatic carbocycles. The predicted molar refractivity (Wildman–Crippen MR) is 55.6 cm³/mol. The SMILES string of the molecule is CC(Nc1ncc[nH]c1=O)c1ccco1. The monoisotopic (exact) mass is 205 g/mol. The van der Waals surface area contributed by atoms with E-state index in [4.69, 9.17) is 4.42 Å². The Morgan fingerprint density at radius 3 is 3.13 bits per heavy atom. The van der Waals surface area contributed by atoms with E-state index in [-0.39, 0.29) is 11.6 Å². The highest BCUT2D eigenvalue weighted by Crippen LogP contribution is 2.15. The average Bonchev–Trinajstić information content (AvgIpc) is 2.74. The molecule has 0 saturated heterocycles. The first-order valence-electron chi connectivity index (χ1n) is 4.61. The fraction of sp³-hybridized carbons (Fsp3) is 0.200. The molecule has 2 rings (SSSR count). The highest BCUT2D eigenvalue weighted by Gasteiger charge is 2.09. The summed E-state index contributed by atoms with van der Waals surface area (Å²) in [6, 6.07) is 3.56. The van der Waals surface area contributed by atoms with Gasteiger partial charge in [0.25, 0.3) is 5.56 Å². The van der Waals surface area contributed by atoms with E-state index in [1.165, 1.54) is 12.4 Å². The summed E-state index contributed by atoms with van der Waals surface area (Å²) in [7, 11) is 0. The minimum absolute atomic E-state index is 0.0870. The van der Waals surface area contributed by atoms with Gasteiger partial charge in [-0.25, -0.2) is 4.98 Å². The number of nitrogens with one attached hydrogen (secondary N) is 2. The fourth-order valence-electron chi connectivity index (χ4n) is 1.27. The van der Waals surface area contributed by atoms with Gasteiger partial charge in [-0.05, 0) is 19.1 Å². The Bertz CT molecular complexity index is 475. The predicted octanol–water partition coefficient (Wildman–Crippen LogP) is 1.54. The van der Waals surface area contributed by atoms with Gasteiger partial charge >= 0.3 is 0 Å². The normalized spacial score (nSPS) is 12.3. The number of hydrogen-bond donors (Lipinski definition) is 2. The number of anilines is 1. The molecule has 0 aromatic carbocycles. The van der Waals surface area contributed by atoms with Crippen molar-refractivity contribution in [2.24, 2.45) is 0 Å². The van der Waals surface area contributed by atoms with Crippen LogP contribution in [0.25, 0.3) is 0 Å². The molecule has 5 heteroatoms. The van der Waals surface area contributed by atoms with Gasteiger partial charge in [0.1, 0.15) is 5.76 Å². The van der Waals surface area contributed by atoms with Crippen molar-refractivity contribution >= 4 is 5.82 Å². The maximum absolute atomic E-state index is 11.3. The van der Waals surface area contributed by atoms with Gasteiger partial charge in [0.05, 0.1) is 12.3 Å². The van der Waals surface area contributed by atoms with E-state index in [9.17, 15) is 4.79 Å². The zero-order valence-electron chi connectivity index (χ0n) is 8.23. The van der Waals surface area contributed by atoms with E-state index in [1.807, 2.05) is 13.0 Å². The molecule has 2 heterocycles. The molecular formula is C10H11N3O2. The maximum atomic E-state index is 11.3. The van der Waals surface area contributed by atoms with Gasteiger partial charge in [0.15, 0.2) is 5.82 Å². The van der Waals surface area contributed by atoms with Gasteiger partial charge in [-0.3, -0.25) is 4.79 Å². The van der Waals surface area contributed by atoms with Crippen molar-refractivity contribution in [1.29, 1.82) is 0 Å². The lowest BCUT2D eigenvalue weighted by Crippen LogP contribution is -2.17. The summed E-state index contributed by atoms with van der Waals surface area (Å²) >= 11 is 0. The highest BCUT2D eigenvalue weighted by atomic mass is 16.3. The number of H-pyrrole nitrogens is 1. The molecule has 2 aromatic heterocycles. The van der Waals surface area contributed by atoms with Gasteiger partial charge in [-0.15, -0.1) is 0 Å². The van der Waals surface area contributed by atoms with Crippen LogP contribution < -0.4 is 10.9 Å². The molecule has 0 fully saturated rings.